The van der Waals surface area contributed by atoms with Crippen LogP contribution in [-0.2, 0) is 0 Å². The Morgan fingerprint density at radius 1 is 1.50 bits per heavy atom. The van der Waals surface area contributed by atoms with Gasteiger partial charge in [0.25, 0.3) is 5.91 Å². The predicted molar refractivity (Wildman–Crippen MR) is 75.9 cm³/mol. The van der Waals surface area contributed by atoms with Crippen LogP contribution >= 0.6 is 27.3 Å². The van der Waals surface area contributed by atoms with Crippen LogP contribution in [0.2, 0.25) is 0 Å². The van der Waals surface area contributed by atoms with Gasteiger partial charge in [0.05, 0.1) is 11.3 Å². The van der Waals surface area contributed by atoms with Crippen molar-refractivity contribution in [2.45, 2.75) is 6.92 Å². The summed E-state index contributed by atoms with van der Waals surface area (Å²) in [6.45, 7) is 1.85. The van der Waals surface area contributed by atoms with Crippen molar-refractivity contribution >= 4 is 38.9 Å². The van der Waals surface area contributed by atoms with Gasteiger partial charge in [-0.05, 0) is 40.4 Å². The predicted octanol–water partition coefficient (Wildman–Crippen LogP) is 3.06. The molecule has 2 rings (SSSR count). The average molecular weight is 324 g/mol. The Morgan fingerprint density at radius 3 is 3.00 bits per heavy atom. The highest BCUT2D eigenvalue weighted by atomic mass is 79.9. The number of nitrogens with zero attached hydrogens (tertiary/aromatic N) is 2. The first kappa shape index (κ1) is 12.9. The van der Waals surface area contributed by atoms with Gasteiger partial charge in [0.15, 0.2) is 0 Å². The highest BCUT2D eigenvalue weighted by Gasteiger charge is 2.06. The second-order valence-corrected chi connectivity index (χ2v) is 5.37. The first-order valence-electron chi connectivity index (χ1n) is 5.16. The van der Waals surface area contributed by atoms with E-state index in [-0.39, 0.29) is 5.91 Å². The topological polar surface area (TPSA) is 54.4 Å². The van der Waals surface area contributed by atoms with E-state index in [1.807, 2.05) is 24.4 Å². The molecule has 0 radical (unpaired) electrons. The van der Waals surface area contributed by atoms with Gasteiger partial charge >= 0.3 is 0 Å². The van der Waals surface area contributed by atoms with Gasteiger partial charge < -0.3 is 0 Å². The molecular weight excluding hydrogens is 314 g/mol. The molecule has 0 aromatic carbocycles. The molecule has 2 heterocycles. The minimum atomic E-state index is -0.278. The standard InChI is InChI=1S/C12H10BrN3OS/c1-8(11-3-2-4-18-11)15-16-12(17)9-5-10(13)7-14-6-9/h2-7H,1H3,(H,16,17)/b15-8+. The van der Waals surface area contributed by atoms with Crippen LogP contribution in [0.5, 0.6) is 0 Å². The molecule has 0 spiro atoms. The quantitative estimate of drug-likeness (QED) is 0.697. The molecule has 1 N–H and O–H groups in total. The van der Waals surface area contributed by atoms with E-state index in [4.69, 9.17) is 0 Å². The van der Waals surface area contributed by atoms with Crippen LogP contribution in [0.1, 0.15) is 22.2 Å². The van der Waals surface area contributed by atoms with Crippen molar-refractivity contribution in [3.63, 3.8) is 0 Å². The van der Waals surface area contributed by atoms with Gasteiger partial charge in [0.2, 0.25) is 0 Å². The summed E-state index contributed by atoms with van der Waals surface area (Å²) in [6, 6.07) is 5.59. The van der Waals surface area contributed by atoms with Crippen LogP contribution in [0.4, 0.5) is 0 Å². The molecule has 18 heavy (non-hydrogen) atoms. The molecule has 2 aromatic heterocycles. The van der Waals surface area contributed by atoms with E-state index < -0.39 is 0 Å². The van der Waals surface area contributed by atoms with Crippen molar-refractivity contribution in [2.75, 3.05) is 0 Å². The van der Waals surface area contributed by atoms with E-state index in [9.17, 15) is 4.79 Å². The smallest absolute Gasteiger partial charge is 0.267 e. The Hall–Kier alpha value is -1.53. The van der Waals surface area contributed by atoms with E-state index in [1.165, 1.54) is 6.20 Å². The summed E-state index contributed by atoms with van der Waals surface area (Å²) in [4.78, 5) is 16.8. The number of thiophene rings is 1. The Labute approximate surface area is 117 Å². The van der Waals surface area contributed by atoms with Crippen LogP contribution in [0.25, 0.3) is 0 Å². The number of carbonyl (C=O) groups excluding carboxylic acids is 1. The zero-order chi connectivity index (χ0) is 13.0. The van der Waals surface area contributed by atoms with Gasteiger partial charge in [-0.2, -0.15) is 5.10 Å². The van der Waals surface area contributed by atoms with Crippen LogP contribution in [0, 0.1) is 0 Å². The van der Waals surface area contributed by atoms with E-state index in [0.717, 1.165) is 15.1 Å². The number of nitrogens with one attached hydrogen (secondary N) is 1. The van der Waals surface area contributed by atoms with Gasteiger partial charge in [-0.15, -0.1) is 11.3 Å². The molecule has 0 saturated carbocycles. The number of hydrogen-bond acceptors (Lipinski definition) is 4. The average Bonchev–Trinajstić information content (AvgIpc) is 2.89. The molecule has 0 saturated heterocycles. The molecule has 0 bridgehead atoms. The molecule has 0 aliphatic rings. The van der Waals surface area contributed by atoms with Crippen molar-refractivity contribution in [2.24, 2.45) is 5.10 Å². The Morgan fingerprint density at radius 2 is 2.33 bits per heavy atom. The second kappa shape index (κ2) is 5.88. The number of amides is 1. The minimum Gasteiger partial charge on any atom is -0.267 e. The lowest BCUT2D eigenvalue weighted by Crippen LogP contribution is -2.19. The number of pyridine rings is 1. The molecule has 0 aliphatic carbocycles. The Balaban J connectivity index is 2.07. The zero-order valence-corrected chi connectivity index (χ0v) is 12.0. The first-order chi connectivity index (χ1) is 8.66. The maximum Gasteiger partial charge on any atom is 0.272 e. The van der Waals surface area contributed by atoms with Crippen LogP contribution in [-0.4, -0.2) is 16.6 Å². The molecule has 0 atom stereocenters. The van der Waals surface area contributed by atoms with Crippen molar-refractivity contribution in [1.82, 2.24) is 10.4 Å². The summed E-state index contributed by atoms with van der Waals surface area (Å²) in [5.74, 6) is -0.278. The van der Waals surface area contributed by atoms with Crippen molar-refractivity contribution < 1.29 is 4.79 Å². The molecule has 0 unspecified atom stereocenters. The van der Waals surface area contributed by atoms with E-state index in [2.05, 4.69) is 31.4 Å². The summed E-state index contributed by atoms with van der Waals surface area (Å²) in [6.07, 6.45) is 3.12. The Bertz CT molecular complexity index is 581. The lowest BCUT2D eigenvalue weighted by atomic mass is 10.3. The molecule has 0 fully saturated rings. The molecular formula is C12H10BrN3OS. The van der Waals surface area contributed by atoms with Gasteiger partial charge in [-0.3, -0.25) is 9.78 Å². The normalized spacial score (nSPS) is 11.3. The molecule has 0 aliphatic heterocycles. The number of carbonyl (C=O) groups is 1. The third-order valence-electron chi connectivity index (χ3n) is 2.17. The summed E-state index contributed by atoms with van der Waals surface area (Å²) < 4.78 is 0.758. The third-order valence-corrected chi connectivity index (χ3v) is 3.58. The van der Waals surface area contributed by atoms with Gasteiger partial charge in [0.1, 0.15) is 0 Å². The van der Waals surface area contributed by atoms with Crippen molar-refractivity contribution in [3.05, 3.63) is 50.9 Å². The molecule has 6 heteroatoms. The van der Waals surface area contributed by atoms with Crippen molar-refractivity contribution in [3.8, 4) is 0 Å². The number of hydrogen-bond donors (Lipinski definition) is 1. The SMILES string of the molecule is C/C(=N\NC(=O)c1cncc(Br)c1)c1cccs1. The lowest BCUT2D eigenvalue weighted by Gasteiger charge is -2.01. The summed E-state index contributed by atoms with van der Waals surface area (Å²) >= 11 is 4.84. The van der Waals surface area contributed by atoms with Gasteiger partial charge in [0, 0.05) is 21.7 Å². The number of rotatable bonds is 3. The van der Waals surface area contributed by atoms with Gasteiger partial charge in [-0.1, -0.05) is 6.07 Å². The van der Waals surface area contributed by atoms with E-state index in [0.29, 0.717) is 5.56 Å². The van der Waals surface area contributed by atoms with E-state index in [1.54, 1.807) is 23.6 Å². The Kier molecular flexibility index (Phi) is 4.22. The number of hydrazone groups is 1. The summed E-state index contributed by atoms with van der Waals surface area (Å²) in [5, 5.41) is 6.02. The molecule has 1 amide bonds. The second-order valence-electron chi connectivity index (χ2n) is 3.51. The lowest BCUT2D eigenvalue weighted by molar-refractivity contribution is 0.0954. The summed E-state index contributed by atoms with van der Waals surface area (Å²) in [5.41, 5.74) is 3.75. The van der Waals surface area contributed by atoms with Crippen LogP contribution in [0.3, 0.4) is 0 Å². The maximum atomic E-state index is 11.8. The van der Waals surface area contributed by atoms with Crippen molar-refractivity contribution in [1.29, 1.82) is 0 Å². The fourth-order valence-electron chi connectivity index (χ4n) is 1.27. The third kappa shape index (κ3) is 3.24. The monoisotopic (exact) mass is 323 g/mol. The molecule has 92 valence electrons. The highest BCUT2D eigenvalue weighted by Crippen LogP contribution is 2.10. The number of aromatic nitrogens is 1. The largest absolute Gasteiger partial charge is 0.272 e. The zero-order valence-electron chi connectivity index (χ0n) is 9.55. The van der Waals surface area contributed by atoms with E-state index >= 15 is 0 Å². The fraction of sp³-hybridized carbons (Fsp3) is 0.0833. The fourth-order valence-corrected chi connectivity index (χ4v) is 2.32. The van der Waals surface area contributed by atoms with Gasteiger partial charge in [-0.25, -0.2) is 5.43 Å². The minimum absolute atomic E-state index is 0.278. The maximum absolute atomic E-state index is 11.8. The summed E-state index contributed by atoms with van der Waals surface area (Å²) in [7, 11) is 0. The van der Waals surface area contributed by atoms with Crippen LogP contribution in [0.15, 0.2) is 45.5 Å². The molecule has 4 nitrogen and oxygen atoms in total. The van der Waals surface area contributed by atoms with Crippen LogP contribution < -0.4 is 5.43 Å². The molecule has 2 aromatic rings. The first-order valence-corrected chi connectivity index (χ1v) is 6.83. The highest BCUT2D eigenvalue weighted by molar-refractivity contribution is 9.10. The number of halogens is 1.